The highest BCUT2D eigenvalue weighted by Crippen LogP contribution is 2.29. The van der Waals surface area contributed by atoms with Crippen LogP contribution in [0.2, 0.25) is 0 Å². The molecular weight excluding hydrogens is 378 g/mol. The van der Waals surface area contributed by atoms with Gasteiger partial charge < -0.3 is 10.1 Å². The van der Waals surface area contributed by atoms with Crippen molar-refractivity contribution in [2.75, 3.05) is 6.54 Å². The van der Waals surface area contributed by atoms with Crippen molar-refractivity contribution >= 4 is 23.2 Å². The minimum Gasteiger partial charge on any atom is -0.489 e. The summed E-state index contributed by atoms with van der Waals surface area (Å²) in [6, 6.07) is 23.2. The van der Waals surface area contributed by atoms with Crippen LogP contribution in [0.15, 0.2) is 78.4 Å². The fourth-order valence-electron chi connectivity index (χ4n) is 3.96. The lowest BCUT2D eigenvalue weighted by atomic mass is 9.97. The number of nitrogens with one attached hydrogen (secondary N) is 1. The predicted molar refractivity (Wildman–Crippen MR) is 125 cm³/mol. The van der Waals surface area contributed by atoms with Gasteiger partial charge in [0.25, 0.3) is 0 Å². The van der Waals surface area contributed by atoms with Crippen LogP contribution in [0.1, 0.15) is 43.2 Å². The largest absolute Gasteiger partial charge is 0.489 e. The molecule has 29 heavy (non-hydrogen) atoms. The Morgan fingerprint density at radius 1 is 0.862 bits per heavy atom. The summed E-state index contributed by atoms with van der Waals surface area (Å²) in [6.45, 7) is 2.45. The molecule has 3 aromatic rings. The molecule has 152 valence electrons. The van der Waals surface area contributed by atoms with Crippen LogP contribution in [-0.4, -0.2) is 6.54 Å². The lowest BCUT2D eigenvalue weighted by Gasteiger charge is -2.16. The van der Waals surface area contributed by atoms with Crippen molar-refractivity contribution in [3.63, 3.8) is 0 Å². The molecule has 0 aliphatic heterocycles. The second-order valence-electron chi connectivity index (χ2n) is 7.57. The monoisotopic (exact) mass is 407 g/mol. The first-order chi connectivity index (χ1) is 13.9. The predicted octanol–water partition coefficient (Wildman–Crippen LogP) is 6.82. The van der Waals surface area contributed by atoms with Gasteiger partial charge in [0.15, 0.2) is 0 Å². The van der Waals surface area contributed by atoms with Crippen molar-refractivity contribution in [3.05, 3.63) is 89.5 Å². The van der Waals surface area contributed by atoms with Gasteiger partial charge in [0.2, 0.25) is 0 Å². The summed E-state index contributed by atoms with van der Waals surface area (Å²) in [5.41, 5.74) is 4.07. The quantitative estimate of drug-likeness (QED) is 0.326. The Hall–Kier alpha value is -2.29. The van der Waals surface area contributed by atoms with E-state index in [4.69, 9.17) is 4.74 Å². The molecule has 0 spiro atoms. The molecule has 4 rings (SSSR count). The first kappa shape index (κ1) is 21.4. The molecule has 0 heterocycles. The third-order valence-electron chi connectivity index (χ3n) is 5.54. The zero-order valence-electron chi connectivity index (χ0n) is 16.9. The number of ether oxygens (including phenoxy) is 1. The van der Waals surface area contributed by atoms with E-state index in [2.05, 4.69) is 72.1 Å². The van der Waals surface area contributed by atoms with Crippen LogP contribution in [0.25, 0.3) is 10.8 Å². The van der Waals surface area contributed by atoms with Gasteiger partial charge in [-0.2, -0.15) is 0 Å². The minimum atomic E-state index is 0. The Morgan fingerprint density at radius 2 is 1.69 bits per heavy atom. The molecule has 0 atom stereocenters. The van der Waals surface area contributed by atoms with Crippen molar-refractivity contribution in [3.8, 4) is 5.75 Å². The van der Waals surface area contributed by atoms with Crippen molar-refractivity contribution in [1.82, 2.24) is 5.32 Å². The van der Waals surface area contributed by atoms with E-state index in [0.29, 0.717) is 6.61 Å². The van der Waals surface area contributed by atoms with Crippen molar-refractivity contribution < 1.29 is 4.74 Å². The number of allylic oxidation sites excluding steroid dienone is 1. The molecule has 0 saturated carbocycles. The Labute approximate surface area is 180 Å². The second-order valence-corrected chi connectivity index (χ2v) is 7.57. The molecule has 0 amide bonds. The maximum Gasteiger partial charge on any atom is 0.124 e. The topological polar surface area (TPSA) is 21.3 Å². The maximum atomic E-state index is 6.23. The van der Waals surface area contributed by atoms with E-state index in [9.17, 15) is 0 Å². The number of halogens is 1. The van der Waals surface area contributed by atoms with E-state index in [1.807, 2.05) is 6.07 Å². The summed E-state index contributed by atoms with van der Waals surface area (Å²) in [5.74, 6) is 0.979. The van der Waals surface area contributed by atoms with Crippen molar-refractivity contribution in [2.24, 2.45) is 0 Å². The van der Waals surface area contributed by atoms with E-state index in [1.165, 1.54) is 47.6 Å². The highest BCUT2D eigenvalue weighted by Gasteiger charge is 2.10. The van der Waals surface area contributed by atoms with Crippen LogP contribution >= 0.6 is 12.4 Å². The molecule has 0 aromatic heterocycles. The second kappa shape index (κ2) is 11.0. The summed E-state index contributed by atoms with van der Waals surface area (Å²) < 4.78 is 6.23. The summed E-state index contributed by atoms with van der Waals surface area (Å²) in [6.07, 6.45) is 8.85. The molecule has 1 N–H and O–H groups in total. The maximum absolute atomic E-state index is 6.23. The normalized spacial score (nSPS) is 13.6. The van der Waals surface area contributed by atoms with Gasteiger partial charge in [-0.25, -0.2) is 0 Å². The zero-order valence-corrected chi connectivity index (χ0v) is 17.7. The van der Waals surface area contributed by atoms with E-state index >= 15 is 0 Å². The Balaban J connectivity index is 0.00000240. The Bertz CT molecular complexity index is 936. The molecule has 0 radical (unpaired) electrons. The van der Waals surface area contributed by atoms with E-state index in [-0.39, 0.29) is 12.4 Å². The Morgan fingerprint density at radius 3 is 2.52 bits per heavy atom. The average molecular weight is 408 g/mol. The van der Waals surface area contributed by atoms with Gasteiger partial charge in [-0.05, 0) is 61.1 Å². The SMILES string of the molecule is C1=C(CCNCc2c(OCc3ccccc3)ccc3ccccc23)CCCC1.Cl. The molecule has 3 heteroatoms. The molecule has 0 unspecified atom stereocenters. The number of fused-ring (bicyclic) bond motifs is 1. The van der Waals surface area contributed by atoms with Crippen LogP contribution in [0, 0.1) is 0 Å². The standard InChI is InChI=1S/C26H29NO.ClH/c1-3-9-21(10-4-1)17-18-27-19-25-24-14-8-7-13-23(24)15-16-26(25)28-20-22-11-5-2-6-12-22;/h2,5-9,11-16,27H,1,3-4,10,17-20H2;1H. The van der Waals surface area contributed by atoms with Gasteiger partial charge >= 0.3 is 0 Å². The fourth-order valence-corrected chi connectivity index (χ4v) is 3.96. The zero-order chi connectivity index (χ0) is 19.0. The molecular formula is C26H30ClNO. The third-order valence-corrected chi connectivity index (χ3v) is 5.54. The molecule has 3 aromatic carbocycles. The molecule has 0 fully saturated rings. The lowest BCUT2D eigenvalue weighted by molar-refractivity contribution is 0.303. The smallest absolute Gasteiger partial charge is 0.124 e. The van der Waals surface area contributed by atoms with Gasteiger partial charge in [0.1, 0.15) is 12.4 Å². The molecule has 1 aliphatic carbocycles. The number of rotatable bonds is 8. The fraction of sp³-hybridized carbons (Fsp3) is 0.308. The van der Waals surface area contributed by atoms with Crippen molar-refractivity contribution in [2.45, 2.75) is 45.3 Å². The van der Waals surface area contributed by atoms with Crippen LogP contribution < -0.4 is 10.1 Å². The van der Waals surface area contributed by atoms with Gasteiger partial charge in [0, 0.05) is 12.1 Å². The molecule has 0 saturated heterocycles. The van der Waals surface area contributed by atoms with Crippen LogP contribution in [0.3, 0.4) is 0 Å². The van der Waals surface area contributed by atoms with Crippen LogP contribution in [0.4, 0.5) is 0 Å². The van der Waals surface area contributed by atoms with E-state index in [0.717, 1.165) is 25.3 Å². The van der Waals surface area contributed by atoms with Gasteiger partial charge in [-0.1, -0.05) is 72.3 Å². The van der Waals surface area contributed by atoms with Gasteiger partial charge in [-0.15, -0.1) is 12.4 Å². The number of hydrogen-bond acceptors (Lipinski definition) is 2. The van der Waals surface area contributed by atoms with Gasteiger partial charge in [0.05, 0.1) is 0 Å². The van der Waals surface area contributed by atoms with E-state index < -0.39 is 0 Å². The van der Waals surface area contributed by atoms with Gasteiger partial charge in [-0.3, -0.25) is 0 Å². The van der Waals surface area contributed by atoms with E-state index in [1.54, 1.807) is 5.57 Å². The lowest BCUT2D eigenvalue weighted by Crippen LogP contribution is -2.16. The number of benzene rings is 3. The van der Waals surface area contributed by atoms with Crippen molar-refractivity contribution in [1.29, 1.82) is 0 Å². The highest BCUT2D eigenvalue weighted by molar-refractivity contribution is 5.87. The first-order valence-electron chi connectivity index (χ1n) is 10.5. The average Bonchev–Trinajstić information content (AvgIpc) is 2.77. The Kier molecular flexibility index (Phi) is 8.15. The molecule has 1 aliphatic rings. The summed E-state index contributed by atoms with van der Waals surface area (Å²) >= 11 is 0. The summed E-state index contributed by atoms with van der Waals surface area (Å²) in [7, 11) is 0. The first-order valence-corrected chi connectivity index (χ1v) is 10.5. The summed E-state index contributed by atoms with van der Waals surface area (Å²) in [5, 5.41) is 6.20. The summed E-state index contributed by atoms with van der Waals surface area (Å²) in [4.78, 5) is 0. The third kappa shape index (κ3) is 5.85. The van der Waals surface area contributed by atoms with Crippen LogP contribution in [0.5, 0.6) is 5.75 Å². The van der Waals surface area contributed by atoms with Crippen LogP contribution in [-0.2, 0) is 13.2 Å². The highest BCUT2D eigenvalue weighted by atomic mass is 35.5. The number of hydrogen-bond donors (Lipinski definition) is 1. The molecule has 0 bridgehead atoms. The minimum absolute atomic E-state index is 0. The molecule has 2 nitrogen and oxygen atoms in total.